The molecule has 4 aromatic rings. The molecule has 0 spiro atoms. The van der Waals surface area contributed by atoms with E-state index in [1.54, 1.807) is 41.6 Å². The number of anilines is 2. The van der Waals surface area contributed by atoms with Crippen molar-refractivity contribution in [3.63, 3.8) is 0 Å². The molecule has 0 saturated carbocycles. The number of hydrogen-bond acceptors (Lipinski definition) is 10. The van der Waals surface area contributed by atoms with Gasteiger partial charge in [-0.1, -0.05) is 29.8 Å². The second-order valence-corrected chi connectivity index (χ2v) is 14.3. The topological polar surface area (TPSA) is 137 Å². The number of pyridine rings is 1. The fourth-order valence-electron chi connectivity index (χ4n) is 6.27. The van der Waals surface area contributed by atoms with Crippen LogP contribution in [0, 0.1) is 0 Å². The Morgan fingerprint density at radius 1 is 0.920 bits per heavy atom. The lowest BCUT2D eigenvalue weighted by atomic mass is 9.86. The number of benzene rings is 3. The van der Waals surface area contributed by atoms with Gasteiger partial charge in [0.05, 0.1) is 30.9 Å². The molecule has 1 fully saturated rings. The van der Waals surface area contributed by atoms with Crippen molar-refractivity contribution in [1.82, 2.24) is 9.88 Å². The number of aromatic nitrogens is 1. The van der Waals surface area contributed by atoms with Crippen molar-refractivity contribution in [2.45, 2.75) is 35.3 Å². The van der Waals surface area contributed by atoms with Gasteiger partial charge in [0, 0.05) is 66.5 Å². The highest BCUT2D eigenvalue weighted by Gasteiger charge is 2.54. The Hall–Kier alpha value is -4.85. The van der Waals surface area contributed by atoms with Crippen LogP contribution in [-0.2, 0) is 29.8 Å². The second-order valence-electron chi connectivity index (χ2n) is 12.0. The maximum Gasteiger partial charge on any atom is 0.266 e. The summed E-state index contributed by atoms with van der Waals surface area (Å²) in [5, 5.41) is 2.79. The van der Waals surface area contributed by atoms with Gasteiger partial charge < -0.3 is 34.1 Å². The number of halogens is 1. The van der Waals surface area contributed by atoms with Crippen LogP contribution in [0.25, 0.3) is 0 Å². The average molecular weight is 721 g/mol. The smallest absolute Gasteiger partial charge is 0.266 e. The monoisotopic (exact) mass is 720 g/mol. The predicted molar refractivity (Wildman–Crippen MR) is 187 cm³/mol. The molecule has 14 heteroatoms. The quantitative estimate of drug-likeness (QED) is 0.227. The first-order valence-electron chi connectivity index (χ1n) is 15.9. The summed E-state index contributed by atoms with van der Waals surface area (Å²) in [6, 6.07) is 17.7. The van der Waals surface area contributed by atoms with E-state index in [0.29, 0.717) is 37.7 Å². The number of nitrogens with one attached hydrogen (secondary N) is 1. The third-order valence-electron chi connectivity index (χ3n) is 8.66. The first-order chi connectivity index (χ1) is 24.0. The van der Waals surface area contributed by atoms with Gasteiger partial charge in [0.15, 0.2) is 0 Å². The largest absolute Gasteiger partial charge is 0.497 e. The van der Waals surface area contributed by atoms with Crippen LogP contribution in [0.15, 0.2) is 88.9 Å². The molecular formula is C36H37ClN4O8S. The zero-order valence-corrected chi connectivity index (χ0v) is 29.6. The first kappa shape index (κ1) is 35.0. The first-order valence-corrected chi connectivity index (χ1v) is 17.8. The molecule has 6 rings (SSSR count). The Bertz CT molecular complexity index is 2020. The lowest BCUT2D eigenvalue weighted by molar-refractivity contribution is -0.148. The summed E-state index contributed by atoms with van der Waals surface area (Å²) in [5.41, 5.74) is -0.619. The summed E-state index contributed by atoms with van der Waals surface area (Å²) < 4.78 is 51.9. The van der Waals surface area contributed by atoms with E-state index in [1.165, 1.54) is 44.6 Å². The van der Waals surface area contributed by atoms with E-state index < -0.39 is 28.0 Å². The van der Waals surface area contributed by atoms with E-state index in [9.17, 15) is 18.0 Å². The molecule has 3 heterocycles. The van der Waals surface area contributed by atoms with Crippen LogP contribution in [0.2, 0.25) is 5.02 Å². The van der Waals surface area contributed by atoms with E-state index in [4.69, 9.17) is 30.5 Å². The maximum atomic E-state index is 14.4. The highest BCUT2D eigenvalue weighted by molar-refractivity contribution is 7.91. The van der Waals surface area contributed by atoms with Crippen molar-refractivity contribution in [3.8, 4) is 17.2 Å². The van der Waals surface area contributed by atoms with Gasteiger partial charge in [0.2, 0.25) is 21.3 Å². The van der Waals surface area contributed by atoms with Gasteiger partial charge in [-0.05, 0) is 56.3 Å². The summed E-state index contributed by atoms with van der Waals surface area (Å²) >= 11 is 6.65. The highest BCUT2D eigenvalue weighted by atomic mass is 35.5. The lowest BCUT2D eigenvalue weighted by Crippen LogP contribution is -2.51. The Labute approximate surface area is 295 Å². The third-order valence-corrected chi connectivity index (χ3v) is 10.7. The SMILES string of the molecule is COc1ccc(S(=O)(=O)c2cc(Cl)cc3c2NC(=O)C3(OCC(=O)N2CCN(c3ccncc3)CC2)c2ccccc2OC(C)C)c(OC)c1. The number of hydrogen-bond donors (Lipinski definition) is 1. The predicted octanol–water partition coefficient (Wildman–Crippen LogP) is 4.93. The summed E-state index contributed by atoms with van der Waals surface area (Å²) in [6.45, 7) is 5.26. The fourth-order valence-corrected chi connectivity index (χ4v) is 8.16. The number of piperazine rings is 1. The number of sulfone groups is 1. The molecule has 12 nitrogen and oxygen atoms in total. The Balaban J connectivity index is 1.41. The molecule has 2 aliphatic rings. The number of nitrogens with zero attached hydrogens (tertiary/aromatic N) is 3. The number of fused-ring (bicyclic) bond motifs is 1. The van der Waals surface area contributed by atoms with Crippen LogP contribution in [-0.4, -0.2) is 83.2 Å². The molecule has 1 unspecified atom stereocenters. The molecular weight excluding hydrogens is 684 g/mol. The van der Waals surface area contributed by atoms with E-state index >= 15 is 0 Å². The molecule has 0 aliphatic carbocycles. The molecule has 1 N–H and O–H groups in total. The molecule has 2 aliphatic heterocycles. The maximum absolute atomic E-state index is 14.4. The van der Waals surface area contributed by atoms with E-state index in [2.05, 4.69) is 15.2 Å². The second kappa shape index (κ2) is 14.2. The van der Waals surface area contributed by atoms with Crippen molar-refractivity contribution in [2.75, 3.05) is 57.2 Å². The normalized spacial score (nSPS) is 17.4. The van der Waals surface area contributed by atoms with E-state index in [-0.39, 0.29) is 49.4 Å². The minimum absolute atomic E-state index is 0.0279. The number of carbonyl (C=O) groups excluding carboxylic acids is 2. The average Bonchev–Trinajstić information content (AvgIpc) is 3.41. The van der Waals surface area contributed by atoms with Crippen LogP contribution in [0.1, 0.15) is 25.0 Å². The van der Waals surface area contributed by atoms with Crippen molar-refractivity contribution < 1.29 is 37.0 Å². The summed E-state index contributed by atoms with van der Waals surface area (Å²) in [7, 11) is -1.57. The van der Waals surface area contributed by atoms with Crippen LogP contribution in [0.5, 0.6) is 17.2 Å². The zero-order chi connectivity index (χ0) is 35.6. The van der Waals surface area contributed by atoms with Gasteiger partial charge in [-0.3, -0.25) is 14.6 Å². The van der Waals surface area contributed by atoms with Crippen molar-refractivity contribution in [2.24, 2.45) is 0 Å². The summed E-state index contributed by atoms with van der Waals surface area (Å²) in [5.74, 6) is -0.286. The molecule has 1 saturated heterocycles. The molecule has 262 valence electrons. The standard InChI is InChI=1S/C36H37ClN4O8S/c1-23(2)49-29-8-6-5-7-27(29)36(48-22-33(42)41-17-15-40(16-18-41)25-11-13-38-14-12-25)28-19-24(37)20-32(34(28)39-35(36)43)50(44,45)31-10-9-26(46-3)21-30(31)47-4/h5-14,19-21,23H,15-18,22H2,1-4H3,(H,39,43). The van der Waals surface area contributed by atoms with Crippen LogP contribution < -0.4 is 24.4 Å². The minimum Gasteiger partial charge on any atom is -0.497 e. The van der Waals surface area contributed by atoms with Gasteiger partial charge in [-0.15, -0.1) is 0 Å². The number of carbonyl (C=O) groups is 2. The minimum atomic E-state index is -4.37. The Kier molecular flexibility index (Phi) is 9.92. The highest BCUT2D eigenvalue weighted by Crippen LogP contribution is 2.51. The number of methoxy groups -OCH3 is 2. The molecule has 50 heavy (non-hydrogen) atoms. The summed E-state index contributed by atoms with van der Waals surface area (Å²) in [4.78, 5) is 35.6. The lowest BCUT2D eigenvalue weighted by Gasteiger charge is -2.37. The molecule has 1 atom stereocenters. The number of ether oxygens (including phenoxy) is 4. The number of para-hydroxylation sites is 1. The van der Waals surface area contributed by atoms with Gasteiger partial charge in [-0.25, -0.2) is 8.42 Å². The molecule has 2 amide bonds. The summed E-state index contributed by atoms with van der Waals surface area (Å²) in [6.07, 6.45) is 3.16. The molecule has 0 bridgehead atoms. The van der Waals surface area contributed by atoms with Crippen LogP contribution in [0.3, 0.4) is 0 Å². The van der Waals surface area contributed by atoms with E-state index in [0.717, 1.165) is 5.69 Å². The van der Waals surface area contributed by atoms with Gasteiger partial charge in [0.1, 0.15) is 28.8 Å². The number of rotatable bonds is 11. The zero-order valence-electron chi connectivity index (χ0n) is 28.0. The van der Waals surface area contributed by atoms with Gasteiger partial charge in [0.25, 0.3) is 5.91 Å². The third kappa shape index (κ3) is 6.43. The molecule has 0 radical (unpaired) electrons. The Morgan fingerprint density at radius 2 is 1.64 bits per heavy atom. The number of amides is 2. The van der Waals surface area contributed by atoms with Crippen molar-refractivity contribution >= 4 is 44.6 Å². The van der Waals surface area contributed by atoms with Gasteiger partial charge in [-0.2, -0.15) is 0 Å². The van der Waals surface area contributed by atoms with Crippen LogP contribution >= 0.6 is 11.6 Å². The molecule has 3 aromatic carbocycles. The van der Waals surface area contributed by atoms with Crippen molar-refractivity contribution in [3.05, 3.63) is 95.3 Å². The van der Waals surface area contributed by atoms with E-state index in [1.807, 2.05) is 26.0 Å². The van der Waals surface area contributed by atoms with Crippen LogP contribution in [0.4, 0.5) is 11.4 Å². The van der Waals surface area contributed by atoms with Crippen molar-refractivity contribution in [1.29, 1.82) is 0 Å². The fraction of sp³-hybridized carbons (Fsp3) is 0.306. The van der Waals surface area contributed by atoms with Gasteiger partial charge >= 0.3 is 0 Å². The Morgan fingerprint density at radius 3 is 2.32 bits per heavy atom. The molecule has 1 aromatic heterocycles.